The second-order valence-corrected chi connectivity index (χ2v) is 4.81. The van der Waals surface area contributed by atoms with Crippen LogP contribution < -0.4 is 0 Å². The Kier molecular flexibility index (Phi) is 1.83. The van der Waals surface area contributed by atoms with Gasteiger partial charge in [-0.05, 0) is 27.4 Å². The van der Waals surface area contributed by atoms with Crippen LogP contribution in [0.25, 0.3) is 9.40 Å². The molecule has 2 aromatic rings. The zero-order valence-electron chi connectivity index (χ0n) is 5.33. The zero-order valence-corrected chi connectivity index (χ0v) is 8.55. The van der Waals surface area contributed by atoms with Crippen molar-refractivity contribution in [3.05, 3.63) is 20.8 Å². The van der Waals surface area contributed by atoms with Gasteiger partial charge in [-0.25, -0.2) is 0 Å². The Morgan fingerprint density at radius 3 is 3.00 bits per heavy atom. The summed E-state index contributed by atoms with van der Waals surface area (Å²) in [6.45, 7) is 0. The Bertz CT molecular complexity index is 401. The maximum absolute atomic E-state index is 10.5. The normalized spacial score (nSPS) is 10.6. The third kappa shape index (κ3) is 1.06. The minimum atomic E-state index is 0.784. The van der Waals surface area contributed by atoms with Crippen LogP contribution >= 0.6 is 38.6 Å². The molecule has 0 N–H and O–H groups in total. The van der Waals surface area contributed by atoms with Crippen LogP contribution in [0.4, 0.5) is 0 Å². The smallest absolute Gasteiger partial charge is 0.161 e. The lowest BCUT2D eigenvalue weighted by Gasteiger charge is -1.80. The molecule has 0 aliphatic rings. The summed E-state index contributed by atoms with van der Waals surface area (Å²) >= 11 is 6.56. The van der Waals surface area contributed by atoms with Gasteiger partial charge in [0.05, 0.1) is 14.0 Å². The van der Waals surface area contributed by atoms with E-state index >= 15 is 0 Å². The zero-order chi connectivity index (χ0) is 7.84. The molecule has 0 atom stereocenters. The summed E-state index contributed by atoms with van der Waals surface area (Å²) in [4.78, 5) is 11.3. The molecule has 11 heavy (non-hydrogen) atoms. The SMILES string of the molecule is O=Cc1sc2ccsc2c1Br. The molecule has 2 heterocycles. The van der Waals surface area contributed by atoms with Crippen molar-refractivity contribution in [3.63, 3.8) is 0 Å². The van der Waals surface area contributed by atoms with Gasteiger partial charge in [0.2, 0.25) is 0 Å². The average Bonchev–Trinajstić information content (AvgIpc) is 2.53. The van der Waals surface area contributed by atoms with E-state index in [1.807, 2.05) is 11.4 Å². The molecule has 0 aromatic carbocycles. The summed E-state index contributed by atoms with van der Waals surface area (Å²) in [7, 11) is 0. The average molecular weight is 247 g/mol. The number of hydrogen-bond acceptors (Lipinski definition) is 3. The lowest BCUT2D eigenvalue weighted by Crippen LogP contribution is -1.67. The molecule has 2 rings (SSSR count). The van der Waals surface area contributed by atoms with E-state index in [4.69, 9.17) is 0 Å². The number of carbonyl (C=O) groups excluding carboxylic acids is 1. The summed E-state index contributed by atoms with van der Waals surface area (Å²) in [5.41, 5.74) is 0. The molecular weight excluding hydrogens is 244 g/mol. The Morgan fingerprint density at radius 1 is 1.55 bits per heavy atom. The predicted octanol–water partition coefficient (Wildman–Crippen LogP) is 3.54. The molecule has 1 nitrogen and oxygen atoms in total. The molecule has 0 fully saturated rings. The molecule has 56 valence electrons. The number of carbonyl (C=O) groups is 1. The van der Waals surface area contributed by atoms with Gasteiger partial charge >= 0.3 is 0 Å². The Balaban J connectivity index is 2.86. The molecule has 0 saturated carbocycles. The van der Waals surface area contributed by atoms with Crippen molar-refractivity contribution in [1.29, 1.82) is 0 Å². The molecule has 0 aliphatic heterocycles. The lowest BCUT2D eigenvalue weighted by molar-refractivity contribution is 0.112. The van der Waals surface area contributed by atoms with Crippen LogP contribution in [0, 0.1) is 0 Å². The molecule has 0 amide bonds. The molecule has 2 aromatic heterocycles. The molecule has 0 bridgehead atoms. The van der Waals surface area contributed by atoms with Gasteiger partial charge in [0.15, 0.2) is 6.29 Å². The van der Waals surface area contributed by atoms with E-state index < -0.39 is 0 Å². The van der Waals surface area contributed by atoms with Gasteiger partial charge in [-0.2, -0.15) is 0 Å². The second kappa shape index (κ2) is 2.69. The highest BCUT2D eigenvalue weighted by molar-refractivity contribution is 9.10. The first kappa shape index (κ1) is 7.46. The third-order valence-corrected chi connectivity index (χ3v) is 4.86. The molecular formula is C7H3BrOS2. The van der Waals surface area contributed by atoms with Crippen LogP contribution in [0.1, 0.15) is 9.67 Å². The Morgan fingerprint density at radius 2 is 2.36 bits per heavy atom. The molecule has 4 heteroatoms. The molecule has 0 unspecified atom stereocenters. The minimum Gasteiger partial charge on any atom is -0.297 e. The fourth-order valence-corrected chi connectivity index (χ4v) is 3.82. The number of thiophene rings is 2. The third-order valence-electron chi connectivity index (χ3n) is 1.37. The summed E-state index contributed by atoms with van der Waals surface area (Å²) in [5.74, 6) is 0. The van der Waals surface area contributed by atoms with E-state index in [-0.39, 0.29) is 0 Å². The predicted molar refractivity (Wildman–Crippen MR) is 52.8 cm³/mol. The van der Waals surface area contributed by atoms with Gasteiger partial charge in [-0.3, -0.25) is 4.79 Å². The van der Waals surface area contributed by atoms with Gasteiger partial charge in [-0.1, -0.05) is 0 Å². The number of halogens is 1. The van der Waals surface area contributed by atoms with Crippen molar-refractivity contribution in [3.8, 4) is 0 Å². The van der Waals surface area contributed by atoms with E-state index in [2.05, 4.69) is 15.9 Å². The topological polar surface area (TPSA) is 17.1 Å². The fraction of sp³-hybridized carbons (Fsp3) is 0. The minimum absolute atomic E-state index is 0.784. The second-order valence-electron chi connectivity index (χ2n) is 2.01. The quantitative estimate of drug-likeness (QED) is 0.704. The largest absolute Gasteiger partial charge is 0.297 e. The van der Waals surface area contributed by atoms with Crippen LogP contribution in [0.2, 0.25) is 0 Å². The van der Waals surface area contributed by atoms with E-state index in [0.717, 1.165) is 15.6 Å². The summed E-state index contributed by atoms with van der Waals surface area (Å²) < 4.78 is 3.31. The van der Waals surface area contributed by atoms with Crippen molar-refractivity contribution >= 4 is 54.3 Å². The number of hydrogen-bond donors (Lipinski definition) is 0. The fourth-order valence-electron chi connectivity index (χ4n) is 0.889. The highest BCUT2D eigenvalue weighted by atomic mass is 79.9. The van der Waals surface area contributed by atoms with Gasteiger partial charge in [0, 0.05) is 4.70 Å². The Hall–Kier alpha value is -0.190. The van der Waals surface area contributed by atoms with Crippen molar-refractivity contribution in [2.24, 2.45) is 0 Å². The van der Waals surface area contributed by atoms with E-state index in [0.29, 0.717) is 0 Å². The Labute approximate surface area is 79.8 Å². The van der Waals surface area contributed by atoms with E-state index in [1.165, 1.54) is 20.7 Å². The number of rotatable bonds is 1. The number of fused-ring (bicyclic) bond motifs is 1. The van der Waals surface area contributed by atoms with Crippen LogP contribution in [0.3, 0.4) is 0 Å². The van der Waals surface area contributed by atoms with Crippen molar-refractivity contribution in [2.45, 2.75) is 0 Å². The molecule has 0 saturated heterocycles. The first-order valence-corrected chi connectivity index (χ1v) is 5.42. The summed E-state index contributed by atoms with van der Waals surface area (Å²) in [6, 6.07) is 2.03. The first-order valence-electron chi connectivity index (χ1n) is 2.93. The van der Waals surface area contributed by atoms with Crippen LogP contribution in [-0.4, -0.2) is 6.29 Å². The van der Waals surface area contributed by atoms with Gasteiger partial charge in [-0.15, -0.1) is 22.7 Å². The molecule has 0 radical (unpaired) electrons. The van der Waals surface area contributed by atoms with Crippen LogP contribution in [0.15, 0.2) is 15.9 Å². The van der Waals surface area contributed by atoms with E-state index in [1.54, 1.807) is 11.3 Å². The first-order chi connectivity index (χ1) is 5.33. The van der Waals surface area contributed by atoms with Gasteiger partial charge < -0.3 is 0 Å². The van der Waals surface area contributed by atoms with Crippen molar-refractivity contribution < 1.29 is 4.79 Å². The van der Waals surface area contributed by atoms with E-state index in [9.17, 15) is 4.79 Å². The van der Waals surface area contributed by atoms with Crippen molar-refractivity contribution in [2.75, 3.05) is 0 Å². The van der Waals surface area contributed by atoms with Gasteiger partial charge in [0.1, 0.15) is 0 Å². The number of aldehydes is 1. The maximum atomic E-state index is 10.5. The van der Waals surface area contributed by atoms with Gasteiger partial charge in [0.25, 0.3) is 0 Å². The van der Waals surface area contributed by atoms with Crippen LogP contribution in [0.5, 0.6) is 0 Å². The monoisotopic (exact) mass is 246 g/mol. The van der Waals surface area contributed by atoms with Crippen LogP contribution in [-0.2, 0) is 0 Å². The standard InChI is InChI=1S/C7H3BrOS2/c8-6-5(3-9)11-4-1-2-10-7(4)6/h1-3H. The van der Waals surface area contributed by atoms with Crippen molar-refractivity contribution in [1.82, 2.24) is 0 Å². The molecule has 0 spiro atoms. The highest BCUT2D eigenvalue weighted by Gasteiger charge is 2.08. The lowest BCUT2D eigenvalue weighted by atomic mass is 10.5. The molecule has 0 aliphatic carbocycles. The summed E-state index contributed by atoms with van der Waals surface area (Å²) in [6.07, 6.45) is 0.890. The maximum Gasteiger partial charge on any atom is 0.161 e. The summed E-state index contributed by atoms with van der Waals surface area (Å²) in [5, 5.41) is 2.03. The highest BCUT2D eigenvalue weighted by Crippen LogP contribution is 2.37.